The molecule has 2 aromatic rings. The van der Waals surface area contributed by atoms with Gasteiger partial charge in [0.2, 0.25) is 5.91 Å². The SMILES string of the molecule is Cl.Cl.N[C@H](Cc1ccccc1)C(=O)NCC1CN(c2ccc(N3CCNCC3)c(F)c2)C(=O)O1. The average molecular weight is 514 g/mol. The molecule has 0 aromatic heterocycles. The van der Waals surface area contributed by atoms with Crippen LogP contribution in [0.1, 0.15) is 5.56 Å². The highest BCUT2D eigenvalue weighted by Crippen LogP contribution is 2.28. The Morgan fingerprint density at radius 2 is 1.88 bits per heavy atom. The Hall–Kier alpha value is -2.59. The number of benzene rings is 2. The van der Waals surface area contributed by atoms with E-state index in [9.17, 15) is 14.0 Å². The van der Waals surface area contributed by atoms with E-state index in [-0.39, 0.29) is 49.6 Å². The highest BCUT2D eigenvalue weighted by molar-refractivity contribution is 5.90. The van der Waals surface area contributed by atoms with Crippen molar-refractivity contribution in [1.29, 1.82) is 0 Å². The topological polar surface area (TPSA) is 99.9 Å². The number of hydrogen-bond acceptors (Lipinski definition) is 6. The summed E-state index contributed by atoms with van der Waals surface area (Å²) in [5.41, 5.74) is 7.92. The highest BCUT2D eigenvalue weighted by atomic mass is 35.5. The maximum absolute atomic E-state index is 14.7. The van der Waals surface area contributed by atoms with E-state index in [1.807, 2.05) is 35.2 Å². The van der Waals surface area contributed by atoms with Crippen molar-refractivity contribution >= 4 is 48.2 Å². The molecule has 34 heavy (non-hydrogen) atoms. The molecule has 2 amide bonds. The number of halogens is 3. The number of carbonyl (C=O) groups excluding carboxylic acids is 2. The first kappa shape index (κ1) is 27.7. The van der Waals surface area contributed by atoms with Crippen molar-refractivity contribution in [3.05, 3.63) is 59.9 Å². The van der Waals surface area contributed by atoms with Gasteiger partial charge in [-0.3, -0.25) is 9.69 Å². The summed E-state index contributed by atoms with van der Waals surface area (Å²) >= 11 is 0. The molecule has 1 unspecified atom stereocenters. The highest BCUT2D eigenvalue weighted by Gasteiger charge is 2.33. The molecule has 2 heterocycles. The Morgan fingerprint density at radius 3 is 2.56 bits per heavy atom. The molecule has 2 aromatic carbocycles. The molecule has 2 aliphatic heterocycles. The predicted octanol–water partition coefficient (Wildman–Crippen LogP) is 2.09. The summed E-state index contributed by atoms with van der Waals surface area (Å²) in [6, 6.07) is 13.6. The van der Waals surface area contributed by atoms with Gasteiger partial charge >= 0.3 is 6.09 Å². The van der Waals surface area contributed by atoms with Crippen molar-refractivity contribution < 1.29 is 18.7 Å². The molecule has 0 saturated carbocycles. The number of carbonyl (C=O) groups is 2. The van der Waals surface area contributed by atoms with Crippen molar-refractivity contribution in [1.82, 2.24) is 10.6 Å². The molecule has 2 fully saturated rings. The zero-order valence-corrected chi connectivity index (χ0v) is 20.2. The molecule has 0 spiro atoms. The summed E-state index contributed by atoms with van der Waals surface area (Å²) in [4.78, 5) is 28.0. The van der Waals surface area contributed by atoms with Crippen LogP contribution in [0.15, 0.2) is 48.5 Å². The Kier molecular flexibility index (Phi) is 10.4. The van der Waals surface area contributed by atoms with E-state index in [1.165, 1.54) is 11.0 Å². The molecule has 2 atom stereocenters. The minimum absolute atomic E-state index is 0. The van der Waals surface area contributed by atoms with E-state index in [0.29, 0.717) is 17.8 Å². The monoisotopic (exact) mass is 513 g/mol. The third-order valence-electron chi connectivity index (χ3n) is 5.71. The summed E-state index contributed by atoms with van der Waals surface area (Å²) < 4.78 is 20.1. The van der Waals surface area contributed by atoms with E-state index in [1.54, 1.807) is 12.1 Å². The summed E-state index contributed by atoms with van der Waals surface area (Å²) in [7, 11) is 0. The van der Waals surface area contributed by atoms with Crippen LogP contribution >= 0.6 is 24.8 Å². The fourth-order valence-electron chi connectivity index (χ4n) is 3.97. The number of nitrogens with one attached hydrogen (secondary N) is 2. The summed E-state index contributed by atoms with van der Waals surface area (Å²) in [5, 5.41) is 5.98. The van der Waals surface area contributed by atoms with Gasteiger partial charge in [-0.25, -0.2) is 9.18 Å². The fourth-order valence-corrected chi connectivity index (χ4v) is 3.97. The first-order valence-electron chi connectivity index (χ1n) is 10.8. The molecule has 4 rings (SSSR count). The van der Waals surface area contributed by atoms with Crippen LogP contribution in [0, 0.1) is 5.82 Å². The van der Waals surface area contributed by atoms with Gasteiger partial charge in [-0.1, -0.05) is 30.3 Å². The molecule has 0 radical (unpaired) electrons. The van der Waals surface area contributed by atoms with Crippen LogP contribution in [0.5, 0.6) is 0 Å². The number of piperazine rings is 1. The predicted molar refractivity (Wildman–Crippen MR) is 135 cm³/mol. The fraction of sp³-hybridized carbons (Fsp3) is 0.391. The lowest BCUT2D eigenvalue weighted by Crippen LogP contribution is -2.45. The van der Waals surface area contributed by atoms with Gasteiger partial charge in [0.25, 0.3) is 0 Å². The Bertz CT molecular complexity index is 963. The Morgan fingerprint density at radius 1 is 1.18 bits per heavy atom. The van der Waals surface area contributed by atoms with Gasteiger partial charge in [-0.2, -0.15) is 0 Å². The Balaban J connectivity index is 0.00000204. The second-order valence-corrected chi connectivity index (χ2v) is 8.03. The Labute approximate surface area is 210 Å². The van der Waals surface area contributed by atoms with Crippen molar-refractivity contribution in [3.63, 3.8) is 0 Å². The summed E-state index contributed by atoms with van der Waals surface area (Å²) in [6.07, 6.45) is -0.680. The minimum Gasteiger partial charge on any atom is -0.442 e. The van der Waals surface area contributed by atoms with Gasteiger partial charge in [0.05, 0.1) is 30.5 Å². The van der Waals surface area contributed by atoms with Crippen LogP contribution in [0.25, 0.3) is 0 Å². The number of amides is 2. The van der Waals surface area contributed by atoms with Crippen LogP contribution in [0.3, 0.4) is 0 Å². The van der Waals surface area contributed by atoms with E-state index in [0.717, 1.165) is 31.7 Å². The summed E-state index contributed by atoms with van der Waals surface area (Å²) in [5.74, 6) is -0.685. The molecule has 11 heteroatoms. The standard InChI is InChI=1S/C23H28FN5O3.2ClH/c24-19-13-17(6-7-21(19)28-10-8-26-9-11-28)29-15-18(32-23(29)31)14-27-22(30)20(25)12-16-4-2-1-3-5-16;;/h1-7,13,18,20,26H,8-12,14-15,25H2,(H,27,30);2*1H/t18?,20-;;/m1../s1. The normalized spacial score (nSPS) is 18.4. The first-order chi connectivity index (χ1) is 15.5. The number of rotatable bonds is 7. The van der Waals surface area contributed by atoms with Gasteiger partial charge < -0.3 is 26.0 Å². The molecule has 186 valence electrons. The molecular weight excluding hydrogens is 484 g/mol. The van der Waals surface area contributed by atoms with E-state index >= 15 is 0 Å². The smallest absolute Gasteiger partial charge is 0.414 e. The van der Waals surface area contributed by atoms with Gasteiger partial charge in [0, 0.05) is 26.2 Å². The second-order valence-electron chi connectivity index (χ2n) is 8.03. The van der Waals surface area contributed by atoms with Crippen molar-refractivity contribution in [2.75, 3.05) is 49.1 Å². The number of hydrogen-bond donors (Lipinski definition) is 3. The number of nitrogens with two attached hydrogens (primary N) is 1. The van der Waals surface area contributed by atoms with E-state index in [2.05, 4.69) is 10.6 Å². The molecule has 2 aliphatic rings. The molecular formula is C23H30Cl2FN5O3. The third-order valence-corrected chi connectivity index (χ3v) is 5.71. The van der Waals surface area contributed by atoms with E-state index < -0.39 is 18.2 Å². The number of ether oxygens (including phenoxy) is 1. The first-order valence-corrected chi connectivity index (χ1v) is 10.8. The molecule has 2 saturated heterocycles. The minimum atomic E-state index is -0.697. The van der Waals surface area contributed by atoms with Crippen molar-refractivity contribution in [2.24, 2.45) is 5.73 Å². The second kappa shape index (κ2) is 12.8. The largest absolute Gasteiger partial charge is 0.442 e. The maximum atomic E-state index is 14.7. The molecule has 4 N–H and O–H groups in total. The number of anilines is 2. The van der Waals surface area contributed by atoms with Crippen LogP contribution in [-0.2, 0) is 16.0 Å². The van der Waals surface area contributed by atoms with Crippen molar-refractivity contribution in [2.45, 2.75) is 18.6 Å². The van der Waals surface area contributed by atoms with E-state index in [4.69, 9.17) is 10.5 Å². The third kappa shape index (κ3) is 6.73. The van der Waals surface area contributed by atoms with Gasteiger partial charge in [0.15, 0.2) is 0 Å². The lowest BCUT2D eigenvalue weighted by molar-refractivity contribution is -0.122. The van der Waals surface area contributed by atoms with Crippen LogP contribution in [0.4, 0.5) is 20.6 Å². The van der Waals surface area contributed by atoms with Crippen molar-refractivity contribution in [3.8, 4) is 0 Å². The maximum Gasteiger partial charge on any atom is 0.414 e. The van der Waals surface area contributed by atoms with Crippen LogP contribution < -0.4 is 26.2 Å². The number of nitrogens with zero attached hydrogens (tertiary/aromatic N) is 2. The average Bonchev–Trinajstić information content (AvgIpc) is 3.19. The molecule has 0 aliphatic carbocycles. The van der Waals surface area contributed by atoms with Gasteiger partial charge in [0.1, 0.15) is 11.9 Å². The zero-order valence-electron chi connectivity index (χ0n) is 18.6. The molecule has 0 bridgehead atoms. The lowest BCUT2D eigenvalue weighted by Gasteiger charge is -2.30. The van der Waals surface area contributed by atoms with Gasteiger partial charge in [-0.05, 0) is 30.2 Å². The van der Waals surface area contributed by atoms with Gasteiger partial charge in [-0.15, -0.1) is 24.8 Å². The van der Waals surface area contributed by atoms with Crippen LogP contribution in [0.2, 0.25) is 0 Å². The zero-order chi connectivity index (χ0) is 22.5. The summed E-state index contributed by atoms with van der Waals surface area (Å²) in [6.45, 7) is 3.45. The van der Waals surface area contributed by atoms with Crippen LogP contribution in [-0.4, -0.2) is 63.4 Å². The lowest BCUT2D eigenvalue weighted by atomic mass is 10.1. The molecule has 8 nitrogen and oxygen atoms in total. The quantitative estimate of drug-likeness (QED) is 0.524. The number of cyclic esters (lactones) is 1.